The summed E-state index contributed by atoms with van der Waals surface area (Å²) in [6.07, 6.45) is 0.753. The molecule has 3 amide bonds. The van der Waals surface area contributed by atoms with Crippen molar-refractivity contribution in [3.05, 3.63) is 45.3 Å². The lowest BCUT2D eigenvalue weighted by molar-refractivity contribution is 0.0999. The number of primary amides is 1. The van der Waals surface area contributed by atoms with E-state index < -0.39 is 11.9 Å². The van der Waals surface area contributed by atoms with Crippen LogP contribution in [0, 0.1) is 0 Å². The van der Waals surface area contributed by atoms with E-state index >= 15 is 0 Å². The van der Waals surface area contributed by atoms with Crippen LogP contribution in [0.4, 0.5) is 15.5 Å². The van der Waals surface area contributed by atoms with Crippen LogP contribution in [0.5, 0.6) is 0 Å². The summed E-state index contributed by atoms with van der Waals surface area (Å²) < 4.78 is 0. The number of hydrogen-bond acceptors (Lipinski definition) is 4. The van der Waals surface area contributed by atoms with E-state index in [1.54, 1.807) is 24.3 Å². The van der Waals surface area contributed by atoms with Crippen molar-refractivity contribution >= 4 is 58.0 Å². The van der Waals surface area contributed by atoms with Gasteiger partial charge in [0.2, 0.25) is 0 Å². The van der Waals surface area contributed by atoms with Gasteiger partial charge in [0, 0.05) is 34.7 Å². The Bertz CT molecular complexity index is 837. The number of nitrogens with zero attached hydrogens (tertiary/aromatic N) is 1. The molecule has 2 heterocycles. The lowest BCUT2D eigenvalue weighted by Crippen LogP contribution is -2.35. The first-order valence-electron chi connectivity index (χ1n) is 8.37. The minimum absolute atomic E-state index is 0. The Morgan fingerprint density at radius 2 is 1.89 bits per heavy atom. The first-order valence-corrected chi connectivity index (χ1v) is 9.56. The number of hydrogen-bond donors (Lipinski definition) is 3. The molecule has 4 N–H and O–H groups in total. The van der Waals surface area contributed by atoms with Gasteiger partial charge >= 0.3 is 6.03 Å². The highest BCUT2D eigenvalue weighted by atomic mass is 35.5. The number of thiophene rings is 1. The van der Waals surface area contributed by atoms with Crippen LogP contribution >= 0.6 is 35.3 Å². The fraction of sp³-hybridized carbons (Fsp3) is 0.333. The minimum atomic E-state index is -0.512. The SMILES string of the molecule is CC(C)N1CCc2c(sc(NC(=O)Nc3ccc(Cl)cc3)c2C(N)=O)C1.Cl. The van der Waals surface area contributed by atoms with Crippen molar-refractivity contribution < 1.29 is 9.59 Å². The first-order chi connectivity index (χ1) is 12.3. The number of benzene rings is 1. The molecule has 146 valence electrons. The minimum Gasteiger partial charge on any atom is -0.365 e. The Kier molecular flexibility index (Phi) is 7.11. The van der Waals surface area contributed by atoms with Crippen molar-refractivity contribution in [2.45, 2.75) is 32.9 Å². The first kappa shape index (κ1) is 21.5. The average Bonchev–Trinajstić information content (AvgIpc) is 2.93. The number of urea groups is 1. The van der Waals surface area contributed by atoms with E-state index in [0.29, 0.717) is 27.3 Å². The molecule has 0 fully saturated rings. The van der Waals surface area contributed by atoms with Gasteiger partial charge in [-0.2, -0.15) is 0 Å². The van der Waals surface area contributed by atoms with Crippen LogP contribution in [0.15, 0.2) is 24.3 Å². The Hall–Kier alpha value is -1.80. The number of amides is 3. The predicted octanol–water partition coefficient (Wildman–Crippen LogP) is 4.33. The zero-order valence-corrected chi connectivity index (χ0v) is 17.4. The van der Waals surface area contributed by atoms with Crippen LogP contribution in [0.2, 0.25) is 5.02 Å². The molecular weight excluding hydrogens is 407 g/mol. The second-order valence-electron chi connectivity index (χ2n) is 6.47. The maximum Gasteiger partial charge on any atom is 0.324 e. The molecule has 0 saturated carbocycles. The highest BCUT2D eigenvalue weighted by molar-refractivity contribution is 7.17. The van der Waals surface area contributed by atoms with E-state index in [0.717, 1.165) is 30.0 Å². The van der Waals surface area contributed by atoms with E-state index in [9.17, 15) is 9.59 Å². The standard InChI is InChI=1S/C18H21ClN4O2S.ClH/c1-10(2)23-8-7-13-14(9-23)26-17(15(13)16(20)24)22-18(25)21-12-5-3-11(19)4-6-12;/h3-6,10H,7-9H2,1-2H3,(H2,20,24)(H2,21,22,25);1H. The highest BCUT2D eigenvalue weighted by Crippen LogP contribution is 2.37. The van der Waals surface area contributed by atoms with Crippen LogP contribution in [0.1, 0.15) is 34.6 Å². The van der Waals surface area contributed by atoms with Gasteiger partial charge in [0.15, 0.2) is 0 Å². The fourth-order valence-corrected chi connectivity index (χ4v) is 4.41. The highest BCUT2D eigenvalue weighted by Gasteiger charge is 2.28. The number of carbonyl (C=O) groups is 2. The molecule has 0 unspecified atom stereocenters. The molecule has 0 spiro atoms. The second-order valence-corrected chi connectivity index (χ2v) is 8.01. The van der Waals surface area contributed by atoms with Crippen molar-refractivity contribution in [1.82, 2.24) is 4.90 Å². The van der Waals surface area contributed by atoms with Crippen LogP contribution < -0.4 is 16.4 Å². The summed E-state index contributed by atoms with van der Waals surface area (Å²) in [4.78, 5) is 27.7. The molecule has 1 aliphatic rings. The Labute approximate surface area is 173 Å². The molecule has 1 aromatic heterocycles. The van der Waals surface area contributed by atoms with Gasteiger partial charge in [-0.3, -0.25) is 15.0 Å². The van der Waals surface area contributed by atoms with Crippen LogP contribution in [0.25, 0.3) is 0 Å². The third-order valence-corrected chi connectivity index (χ3v) is 5.78. The van der Waals surface area contributed by atoms with Gasteiger partial charge in [0.05, 0.1) is 5.56 Å². The molecule has 0 saturated heterocycles. The molecule has 0 bridgehead atoms. The largest absolute Gasteiger partial charge is 0.365 e. The quantitative estimate of drug-likeness (QED) is 0.676. The number of carbonyl (C=O) groups excluding carboxylic acids is 2. The zero-order valence-electron chi connectivity index (χ0n) is 15.0. The van der Waals surface area contributed by atoms with Gasteiger partial charge in [0.25, 0.3) is 5.91 Å². The number of fused-ring (bicyclic) bond motifs is 1. The molecule has 27 heavy (non-hydrogen) atoms. The molecule has 1 aromatic carbocycles. The summed E-state index contributed by atoms with van der Waals surface area (Å²) in [7, 11) is 0. The normalized spacial score (nSPS) is 13.6. The van der Waals surface area contributed by atoms with Crippen molar-refractivity contribution in [3.63, 3.8) is 0 Å². The van der Waals surface area contributed by atoms with Crippen molar-refractivity contribution in [2.75, 3.05) is 17.2 Å². The average molecular weight is 429 g/mol. The molecule has 6 nitrogen and oxygen atoms in total. The van der Waals surface area contributed by atoms with E-state index in [-0.39, 0.29) is 12.4 Å². The summed E-state index contributed by atoms with van der Waals surface area (Å²) in [5.74, 6) is -0.512. The number of anilines is 2. The van der Waals surface area contributed by atoms with Gasteiger partial charge < -0.3 is 11.1 Å². The van der Waals surface area contributed by atoms with E-state index in [2.05, 4.69) is 29.4 Å². The predicted molar refractivity (Wildman–Crippen MR) is 113 cm³/mol. The summed E-state index contributed by atoms with van der Waals surface area (Å²) in [5, 5.41) is 6.59. The third kappa shape index (κ3) is 4.93. The van der Waals surface area contributed by atoms with Gasteiger partial charge in [-0.15, -0.1) is 23.7 Å². The molecule has 3 rings (SSSR count). The maximum absolute atomic E-state index is 12.3. The van der Waals surface area contributed by atoms with E-state index in [4.69, 9.17) is 17.3 Å². The molecular formula is C18H22Cl2N4O2S. The number of rotatable bonds is 4. The van der Waals surface area contributed by atoms with E-state index in [1.165, 1.54) is 11.3 Å². The van der Waals surface area contributed by atoms with Crippen molar-refractivity contribution in [1.29, 1.82) is 0 Å². The van der Waals surface area contributed by atoms with Crippen molar-refractivity contribution in [2.24, 2.45) is 5.73 Å². The number of halogens is 2. The third-order valence-electron chi connectivity index (χ3n) is 4.39. The lowest BCUT2D eigenvalue weighted by atomic mass is 10.0. The molecule has 1 aliphatic heterocycles. The molecule has 0 atom stereocenters. The van der Waals surface area contributed by atoms with Crippen molar-refractivity contribution in [3.8, 4) is 0 Å². The number of nitrogens with one attached hydrogen (secondary N) is 2. The summed E-state index contributed by atoms with van der Waals surface area (Å²) in [5.41, 5.74) is 7.59. The van der Waals surface area contributed by atoms with E-state index in [1.807, 2.05) is 0 Å². The summed E-state index contributed by atoms with van der Waals surface area (Å²) >= 11 is 7.26. The monoisotopic (exact) mass is 428 g/mol. The molecule has 0 aliphatic carbocycles. The van der Waals surface area contributed by atoms with Gasteiger partial charge in [-0.1, -0.05) is 11.6 Å². The van der Waals surface area contributed by atoms with Gasteiger partial charge in [0.1, 0.15) is 5.00 Å². The fourth-order valence-electron chi connectivity index (χ4n) is 3.01. The topological polar surface area (TPSA) is 87.5 Å². The Balaban J connectivity index is 0.00000261. The number of nitrogens with two attached hydrogens (primary N) is 1. The summed E-state index contributed by atoms with van der Waals surface area (Å²) in [6, 6.07) is 6.79. The molecule has 9 heteroatoms. The Morgan fingerprint density at radius 1 is 1.22 bits per heavy atom. The van der Waals surface area contributed by atoms with Gasteiger partial charge in [-0.25, -0.2) is 4.79 Å². The van der Waals surface area contributed by atoms with Crippen LogP contribution in [-0.2, 0) is 13.0 Å². The van der Waals surface area contributed by atoms with Crippen LogP contribution in [0.3, 0.4) is 0 Å². The smallest absolute Gasteiger partial charge is 0.324 e. The second kappa shape index (κ2) is 8.93. The molecule has 0 radical (unpaired) electrons. The maximum atomic E-state index is 12.3. The lowest BCUT2D eigenvalue weighted by Gasteiger charge is -2.30. The summed E-state index contributed by atoms with van der Waals surface area (Å²) in [6.45, 7) is 5.93. The Morgan fingerprint density at radius 3 is 2.48 bits per heavy atom. The zero-order chi connectivity index (χ0) is 18.8. The van der Waals surface area contributed by atoms with Gasteiger partial charge in [-0.05, 0) is 50.1 Å². The van der Waals surface area contributed by atoms with Crippen LogP contribution in [-0.4, -0.2) is 29.4 Å². The molecule has 2 aromatic rings.